The third-order valence-electron chi connectivity index (χ3n) is 6.12. The Morgan fingerprint density at radius 2 is 1.81 bits per heavy atom. The molecular weight excluding hydrogens is 521 g/mol. The Labute approximate surface area is 217 Å². The third-order valence-corrected chi connectivity index (χ3v) is 8.77. The Morgan fingerprint density at radius 1 is 1.14 bits per heavy atom. The number of hydrogen-bond acceptors (Lipinski definition) is 7. The lowest BCUT2D eigenvalue weighted by Crippen LogP contribution is -2.52. The lowest BCUT2D eigenvalue weighted by molar-refractivity contribution is -0.135. The number of benzene rings is 2. The first-order valence-corrected chi connectivity index (χ1v) is 15.0. The maximum absolute atomic E-state index is 15.4. The minimum atomic E-state index is -4.02. The van der Waals surface area contributed by atoms with E-state index in [1.165, 1.54) is 23.6 Å². The summed E-state index contributed by atoms with van der Waals surface area (Å²) in [6.45, 7) is -0.515. The highest BCUT2D eigenvalue weighted by Crippen LogP contribution is 2.36. The largest absolute Gasteiger partial charge is 0.497 e. The summed E-state index contributed by atoms with van der Waals surface area (Å²) in [6.07, 6.45) is 1.58. The predicted octanol–water partition coefficient (Wildman–Crippen LogP) is 2.60. The van der Waals surface area contributed by atoms with Crippen molar-refractivity contribution < 1.29 is 30.8 Å². The van der Waals surface area contributed by atoms with Crippen molar-refractivity contribution in [1.29, 1.82) is 0 Å². The molecule has 37 heavy (non-hydrogen) atoms. The molecule has 2 aromatic carbocycles. The summed E-state index contributed by atoms with van der Waals surface area (Å²) in [6, 6.07) is 12.1. The van der Waals surface area contributed by atoms with Gasteiger partial charge in [-0.15, -0.1) is 0 Å². The highest BCUT2D eigenvalue weighted by Gasteiger charge is 2.44. The molecule has 0 bridgehead atoms. The Balaban J connectivity index is 1.83. The number of piperidine rings is 1. The van der Waals surface area contributed by atoms with E-state index in [0.29, 0.717) is 16.9 Å². The van der Waals surface area contributed by atoms with Crippen LogP contribution in [0.3, 0.4) is 0 Å². The molecule has 1 fully saturated rings. The minimum Gasteiger partial charge on any atom is -0.497 e. The molecular formula is C25H32FN3O6S2. The molecule has 9 nitrogen and oxygen atoms in total. The first-order chi connectivity index (χ1) is 17.3. The van der Waals surface area contributed by atoms with Crippen molar-refractivity contribution in [2.24, 2.45) is 0 Å². The number of amides is 1. The number of carbonyl (C=O) groups excluding carboxylic acids is 1. The molecule has 1 heterocycles. The summed E-state index contributed by atoms with van der Waals surface area (Å²) >= 11 is 0. The number of carbonyl (C=O) groups is 1. The van der Waals surface area contributed by atoms with Crippen LogP contribution >= 0.6 is 0 Å². The van der Waals surface area contributed by atoms with Crippen molar-refractivity contribution in [2.45, 2.75) is 23.4 Å². The third kappa shape index (κ3) is 6.88. The zero-order valence-electron chi connectivity index (χ0n) is 21.3. The topological polar surface area (TPSA) is 113 Å². The van der Waals surface area contributed by atoms with Crippen LogP contribution in [0.2, 0.25) is 0 Å². The number of anilines is 1. The van der Waals surface area contributed by atoms with Gasteiger partial charge >= 0.3 is 0 Å². The molecule has 3 rings (SSSR count). The Hall–Kier alpha value is -2.96. The standard InChI is InChI=1S/C25H32FN3O6S2/c1-28(2)20-9-10-23(22(18-20)19-7-5-8-21(17-19)35-3)37(33,34)29-14-11-25(26,12-15-29)24(30)27-13-6-16-36(4,31)32/h5-10,16-18H,11-15H2,1-4H3,(H,27,30)/b16-6+. The van der Waals surface area contributed by atoms with Gasteiger partial charge in [0.15, 0.2) is 15.5 Å². The van der Waals surface area contributed by atoms with E-state index in [0.717, 1.165) is 17.4 Å². The number of hydrogen-bond donors (Lipinski definition) is 1. The number of rotatable bonds is 9. The number of sulfonamides is 1. The number of sulfone groups is 1. The van der Waals surface area contributed by atoms with Crippen molar-refractivity contribution in [3.63, 3.8) is 0 Å². The van der Waals surface area contributed by atoms with Gasteiger partial charge in [-0.2, -0.15) is 4.31 Å². The molecule has 202 valence electrons. The highest BCUT2D eigenvalue weighted by molar-refractivity contribution is 7.93. The predicted molar refractivity (Wildman–Crippen MR) is 142 cm³/mol. The summed E-state index contributed by atoms with van der Waals surface area (Å²) in [5.74, 6) is -0.316. The molecule has 0 aromatic heterocycles. The number of nitrogens with zero attached hydrogens (tertiary/aromatic N) is 2. The van der Waals surface area contributed by atoms with Crippen molar-refractivity contribution in [2.75, 3.05) is 52.0 Å². The highest BCUT2D eigenvalue weighted by atomic mass is 32.2. The summed E-state index contributed by atoms with van der Waals surface area (Å²) in [5.41, 5.74) is -0.313. The van der Waals surface area contributed by atoms with Gasteiger partial charge in [0.05, 0.1) is 12.0 Å². The van der Waals surface area contributed by atoms with Crippen molar-refractivity contribution in [1.82, 2.24) is 9.62 Å². The first-order valence-electron chi connectivity index (χ1n) is 11.6. The molecule has 0 saturated carbocycles. The maximum Gasteiger partial charge on any atom is 0.258 e. The fourth-order valence-electron chi connectivity index (χ4n) is 4.02. The van der Waals surface area contributed by atoms with Crippen LogP contribution < -0.4 is 15.0 Å². The molecule has 1 aliphatic heterocycles. The average molecular weight is 554 g/mol. The van der Waals surface area contributed by atoms with E-state index in [2.05, 4.69) is 5.32 Å². The maximum atomic E-state index is 15.4. The SMILES string of the molecule is COc1cccc(-c2cc(N(C)C)ccc2S(=O)(=O)N2CCC(F)(C(=O)NC/C=C/S(C)(=O)=O)CC2)c1. The van der Waals surface area contributed by atoms with Gasteiger partial charge in [0.25, 0.3) is 5.91 Å². The van der Waals surface area contributed by atoms with Crippen LogP contribution in [0, 0.1) is 0 Å². The molecule has 2 aromatic rings. The number of methoxy groups -OCH3 is 1. The molecule has 1 amide bonds. The molecule has 0 aliphatic carbocycles. The lowest BCUT2D eigenvalue weighted by atomic mass is 9.93. The molecule has 0 spiro atoms. The van der Waals surface area contributed by atoms with Crippen molar-refractivity contribution in [3.05, 3.63) is 53.9 Å². The number of halogens is 1. The quantitative estimate of drug-likeness (QED) is 0.508. The van der Waals surface area contributed by atoms with E-state index >= 15 is 4.39 Å². The van der Waals surface area contributed by atoms with Crippen LogP contribution in [-0.2, 0) is 24.7 Å². The Morgan fingerprint density at radius 3 is 2.41 bits per heavy atom. The monoisotopic (exact) mass is 553 g/mol. The van der Waals surface area contributed by atoms with Crippen molar-refractivity contribution >= 4 is 31.5 Å². The summed E-state index contributed by atoms with van der Waals surface area (Å²) in [7, 11) is -2.14. The van der Waals surface area contributed by atoms with Gasteiger partial charge in [0.1, 0.15) is 5.75 Å². The van der Waals surface area contributed by atoms with Gasteiger partial charge in [-0.3, -0.25) is 4.79 Å². The molecule has 0 unspecified atom stereocenters. The first kappa shape index (κ1) is 28.6. The average Bonchev–Trinajstić information content (AvgIpc) is 2.85. The van der Waals surface area contributed by atoms with E-state index < -0.39 is 31.4 Å². The van der Waals surface area contributed by atoms with Gasteiger partial charge in [-0.1, -0.05) is 18.2 Å². The number of alkyl halides is 1. The fourth-order valence-corrected chi connectivity index (χ4v) is 6.10. The van der Waals surface area contributed by atoms with E-state index in [9.17, 15) is 21.6 Å². The second-order valence-electron chi connectivity index (χ2n) is 9.09. The molecule has 0 atom stereocenters. The van der Waals surface area contributed by atoms with Crippen LogP contribution in [0.5, 0.6) is 5.75 Å². The molecule has 1 N–H and O–H groups in total. The lowest BCUT2D eigenvalue weighted by Gasteiger charge is -2.35. The smallest absolute Gasteiger partial charge is 0.258 e. The zero-order valence-corrected chi connectivity index (χ0v) is 22.9. The molecule has 1 aliphatic rings. The number of nitrogens with one attached hydrogen (secondary N) is 1. The van der Waals surface area contributed by atoms with Gasteiger partial charge in [0.2, 0.25) is 10.0 Å². The fraction of sp³-hybridized carbons (Fsp3) is 0.400. The van der Waals surface area contributed by atoms with E-state index in [4.69, 9.17) is 4.74 Å². The summed E-state index contributed by atoms with van der Waals surface area (Å²) in [4.78, 5) is 14.4. The van der Waals surface area contributed by atoms with Gasteiger partial charge in [0, 0.05) is 69.5 Å². The normalized spacial score (nSPS) is 16.5. The van der Waals surface area contributed by atoms with Crippen LogP contribution in [0.4, 0.5) is 10.1 Å². The van der Waals surface area contributed by atoms with Crippen molar-refractivity contribution in [3.8, 4) is 16.9 Å². The van der Waals surface area contributed by atoms with E-state index in [1.807, 2.05) is 19.0 Å². The van der Waals surface area contributed by atoms with Crippen LogP contribution in [-0.4, -0.2) is 79.8 Å². The molecule has 1 saturated heterocycles. The van der Waals surface area contributed by atoms with Gasteiger partial charge in [-0.05, 0) is 35.9 Å². The van der Waals surface area contributed by atoms with Gasteiger partial charge in [-0.25, -0.2) is 21.2 Å². The summed E-state index contributed by atoms with van der Waals surface area (Å²) in [5, 5.41) is 3.28. The second kappa shape index (κ2) is 11.2. The minimum absolute atomic E-state index is 0.0769. The summed E-state index contributed by atoms with van der Waals surface area (Å²) < 4.78 is 71.5. The molecule has 12 heteroatoms. The van der Waals surface area contributed by atoms with Crippen LogP contribution in [0.1, 0.15) is 12.8 Å². The van der Waals surface area contributed by atoms with E-state index in [-0.39, 0.29) is 37.4 Å². The van der Waals surface area contributed by atoms with E-state index in [1.54, 1.807) is 36.4 Å². The Kier molecular flexibility index (Phi) is 8.66. The number of ether oxygens (including phenoxy) is 1. The zero-order chi connectivity index (χ0) is 27.4. The van der Waals surface area contributed by atoms with Gasteiger partial charge < -0.3 is 15.0 Å². The second-order valence-corrected chi connectivity index (χ2v) is 12.9. The van der Waals surface area contributed by atoms with Crippen LogP contribution in [0.25, 0.3) is 11.1 Å². The molecule has 0 radical (unpaired) electrons. The van der Waals surface area contributed by atoms with Crippen LogP contribution in [0.15, 0.2) is 58.8 Å². The Bertz CT molecular complexity index is 1380.